The number of nitrogens with two attached hydrogens (primary N) is 2. The summed E-state index contributed by atoms with van der Waals surface area (Å²) >= 11 is 0. The van der Waals surface area contributed by atoms with Crippen molar-refractivity contribution in [3.05, 3.63) is 42.0 Å². The minimum Gasteiger partial charge on any atom is -0.382 e. The first kappa shape index (κ1) is 57.6. The van der Waals surface area contributed by atoms with Crippen LogP contribution in [0.3, 0.4) is 0 Å². The number of Topliss-reactive ketones (excluding diaryl/α,β-unsaturated/α-hetero) is 1. The third-order valence-electron chi connectivity index (χ3n) is 12.4. The summed E-state index contributed by atoms with van der Waals surface area (Å²) < 4.78 is 10.3. The number of likely N-dealkylation sites (N-methyl/N-ethyl adjacent to an activating group) is 1. The zero-order valence-corrected chi connectivity index (χ0v) is 42.1. The van der Waals surface area contributed by atoms with E-state index in [0.717, 1.165) is 0 Å². The van der Waals surface area contributed by atoms with Gasteiger partial charge in [0.15, 0.2) is 11.7 Å². The maximum absolute atomic E-state index is 14.2. The van der Waals surface area contributed by atoms with Gasteiger partial charge < -0.3 is 67.6 Å². The largest absolute Gasteiger partial charge is 0.382 e. The second kappa shape index (κ2) is 30.0. The average Bonchev–Trinajstić information content (AvgIpc) is 3.89. The number of anilines is 1. The highest BCUT2D eigenvalue weighted by Crippen LogP contribution is 2.32. The number of carbonyl (C=O) groups excluding carboxylic acids is 8. The number of aliphatic imine (C=N–C) groups is 2. The van der Waals surface area contributed by atoms with E-state index < -0.39 is 53.7 Å². The number of fused-ring (bicyclic) bond motifs is 1. The number of benzene rings is 1. The van der Waals surface area contributed by atoms with Gasteiger partial charge in [0.2, 0.25) is 41.4 Å². The Labute approximate surface area is 420 Å². The normalized spacial score (nSPS) is 16.2. The van der Waals surface area contributed by atoms with E-state index in [1.165, 1.54) is 32.7 Å². The number of unbranched alkanes of at least 4 members (excludes halogenated alkanes) is 1. The number of guanidine groups is 1. The molecule has 4 rings (SSSR count). The molecule has 72 heavy (non-hydrogen) atoms. The first-order chi connectivity index (χ1) is 34.5. The molecular formula is C48H74N14O10. The van der Waals surface area contributed by atoms with E-state index in [1.807, 2.05) is 24.8 Å². The second-order valence-corrected chi connectivity index (χ2v) is 17.8. The summed E-state index contributed by atoms with van der Waals surface area (Å²) in [5.41, 5.74) is 13.0. The Morgan fingerprint density at radius 3 is 2.29 bits per heavy atom. The first-order valence-corrected chi connectivity index (χ1v) is 24.6. The number of hydrogen-bond donors (Lipinski definition) is 9. The summed E-state index contributed by atoms with van der Waals surface area (Å²) in [5, 5.41) is 16.5. The summed E-state index contributed by atoms with van der Waals surface area (Å²) in [6.07, 6.45) is 6.86. The molecule has 1 aromatic carbocycles. The predicted molar refractivity (Wildman–Crippen MR) is 269 cm³/mol. The van der Waals surface area contributed by atoms with Crippen molar-refractivity contribution in [1.29, 1.82) is 0 Å². The lowest BCUT2D eigenvalue weighted by atomic mass is 9.91. The fraction of sp³-hybridized carbons (Fsp3) is 0.604. The van der Waals surface area contributed by atoms with Crippen molar-refractivity contribution in [1.82, 2.24) is 46.8 Å². The van der Waals surface area contributed by atoms with E-state index in [2.05, 4.69) is 51.9 Å². The van der Waals surface area contributed by atoms with Crippen molar-refractivity contribution in [2.45, 2.75) is 103 Å². The molecule has 6 atom stereocenters. The van der Waals surface area contributed by atoms with Crippen LogP contribution in [0.1, 0.15) is 88.2 Å². The predicted octanol–water partition coefficient (Wildman–Crippen LogP) is -0.650. The number of hydrogen-bond acceptors (Lipinski definition) is 14. The fourth-order valence-corrected chi connectivity index (χ4v) is 8.16. The average molecular weight is 1010 g/mol. The molecule has 2 aliphatic heterocycles. The summed E-state index contributed by atoms with van der Waals surface area (Å²) in [6.45, 7) is 8.23. The molecule has 1 saturated heterocycles. The van der Waals surface area contributed by atoms with Gasteiger partial charge in [0, 0.05) is 109 Å². The molecule has 0 radical (unpaired) electrons. The highest BCUT2D eigenvalue weighted by molar-refractivity contribution is 6.14. The number of nitrogens with zero attached hydrogens (tertiary/aromatic N) is 5. The molecule has 7 amide bonds. The van der Waals surface area contributed by atoms with Crippen LogP contribution in [0.5, 0.6) is 0 Å². The van der Waals surface area contributed by atoms with Gasteiger partial charge in [-0.3, -0.25) is 48.3 Å². The van der Waals surface area contributed by atoms with Crippen LogP contribution in [0.2, 0.25) is 0 Å². The van der Waals surface area contributed by atoms with Gasteiger partial charge in [-0.1, -0.05) is 20.3 Å². The van der Waals surface area contributed by atoms with Crippen LogP contribution in [0.15, 0.2) is 40.7 Å². The van der Waals surface area contributed by atoms with E-state index in [-0.39, 0.29) is 74.2 Å². The fourth-order valence-electron chi connectivity index (χ4n) is 8.16. The minimum atomic E-state index is -1.10. The number of nitrogens with one attached hydrogen (secondary N) is 7. The lowest BCUT2D eigenvalue weighted by Gasteiger charge is -2.38. The molecule has 0 bridgehead atoms. The lowest BCUT2D eigenvalue weighted by molar-refractivity contribution is -0.138. The van der Waals surface area contributed by atoms with Gasteiger partial charge in [0.25, 0.3) is 0 Å². The number of amides is 7. The van der Waals surface area contributed by atoms with Gasteiger partial charge in [-0.2, -0.15) is 0 Å². The van der Waals surface area contributed by atoms with Crippen LogP contribution in [0.4, 0.5) is 11.4 Å². The van der Waals surface area contributed by atoms with Crippen molar-refractivity contribution >= 4 is 70.7 Å². The summed E-state index contributed by atoms with van der Waals surface area (Å²) in [5.74, 6) is -4.49. The first-order valence-electron chi connectivity index (χ1n) is 24.6. The van der Waals surface area contributed by atoms with Crippen LogP contribution in [-0.4, -0.2) is 172 Å². The van der Waals surface area contributed by atoms with Crippen LogP contribution < -0.4 is 48.3 Å². The number of carbonyl (C=O) groups is 8. The van der Waals surface area contributed by atoms with Gasteiger partial charge >= 0.3 is 0 Å². The zero-order valence-electron chi connectivity index (χ0n) is 42.1. The number of aromatic nitrogens is 2. The van der Waals surface area contributed by atoms with Crippen molar-refractivity contribution in [2.75, 3.05) is 78.1 Å². The van der Waals surface area contributed by atoms with Crippen molar-refractivity contribution in [2.24, 2.45) is 33.3 Å². The number of aromatic amines is 1. The number of ether oxygens (including phenoxy) is 2. The van der Waals surface area contributed by atoms with Gasteiger partial charge in [-0.05, 0) is 56.2 Å². The van der Waals surface area contributed by atoms with E-state index in [0.29, 0.717) is 101 Å². The van der Waals surface area contributed by atoms with Crippen molar-refractivity contribution in [3.8, 4) is 0 Å². The topological polar surface area (TPSA) is 339 Å². The number of imidazole rings is 1. The van der Waals surface area contributed by atoms with Crippen LogP contribution in [0, 0.1) is 11.8 Å². The SMILES string of the molecule is CC[C@H](C)[C@H](NC(C)=O)C(=O)N[C@@H](CCCCNC(=O)CCOCCOC)C(=O)N1CCN(c2ccc3c(c2)C(=O)C(CC(=O)N[C@@H](CCCN=C(N)N)C(=O)N[C@@H](Cc2cnc[nH]2)C(=O)NC)C=N3)CC1. The molecule has 0 aliphatic carbocycles. The van der Waals surface area contributed by atoms with Crippen molar-refractivity contribution in [3.63, 3.8) is 0 Å². The van der Waals surface area contributed by atoms with E-state index in [9.17, 15) is 38.4 Å². The maximum atomic E-state index is 14.2. The van der Waals surface area contributed by atoms with E-state index in [1.54, 1.807) is 24.1 Å². The van der Waals surface area contributed by atoms with Gasteiger partial charge in [-0.15, -0.1) is 0 Å². The molecule has 1 unspecified atom stereocenters. The summed E-state index contributed by atoms with van der Waals surface area (Å²) in [7, 11) is 3.01. The second-order valence-electron chi connectivity index (χ2n) is 17.8. The Morgan fingerprint density at radius 2 is 1.62 bits per heavy atom. The Balaban J connectivity index is 1.39. The molecule has 0 saturated carbocycles. The Morgan fingerprint density at radius 1 is 0.889 bits per heavy atom. The summed E-state index contributed by atoms with van der Waals surface area (Å²) in [6, 6.07) is 1.49. The van der Waals surface area contributed by atoms with Crippen molar-refractivity contribution < 1.29 is 47.8 Å². The number of rotatable bonds is 30. The molecular weight excluding hydrogens is 933 g/mol. The van der Waals surface area contributed by atoms with Crippen LogP contribution in [-0.2, 0) is 49.5 Å². The molecule has 396 valence electrons. The van der Waals surface area contributed by atoms with E-state index in [4.69, 9.17) is 20.9 Å². The number of ketones is 1. The van der Waals surface area contributed by atoms with Crippen LogP contribution in [0.25, 0.3) is 0 Å². The molecule has 2 aliphatic rings. The Bertz CT molecular complexity index is 2190. The molecule has 1 fully saturated rings. The summed E-state index contributed by atoms with van der Waals surface area (Å²) in [4.78, 5) is 125. The molecule has 24 heteroatoms. The van der Waals surface area contributed by atoms with Crippen LogP contribution >= 0.6 is 0 Å². The molecule has 24 nitrogen and oxygen atoms in total. The molecule has 11 N–H and O–H groups in total. The number of piperazine rings is 1. The minimum absolute atomic E-state index is 0.113. The molecule has 1 aromatic heterocycles. The third kappa shape index (κ3) is 18.7. The zero-order chi connectivity index (χ0) is 52.6. The Kier molecular flexibility index (Phi) is 24.1. The van der Waals surface area contributed by atoms with Gasteiger partial charge in [0.05, 0.1) is 37.8 Å². The highest BCUT2D eigenvalue weighted by Gasteiger charge is 2.34. The highest BCUT2D eigenvalue weighted by atomic mass is 16.5. The lowest BCUT2D eigenvalue weighted by Crippen LogP contribution is -2.58. The van der Waals surface area contributed by atoms with Gasteiger partial charge in [0.1, 0.15) is 24.2 Å². The number of methoxy groups -OCH3 is 1. The van der Waals surface area contributed by atoms with E-state index >= 15 is 0 Å². The Hall–Kier alpha value is -6.95. The molecule has 3 heterocycles. The van der Waals surface area contributed by atoms with Gasteiger partial charge in [-0.25, -0.2) is 4.98 Å². The monoisotopic (exact) mass is 1010 g/mol. The molecule has 0 spiro atoms. The molecule has 2 aromatic rings. The quantitative estimate of drug-likeness (QED) is 0.0267. The maximum Gasteiger partial charge on any atom is 0.245 e. The standard InChI is InChI=1S/C48H74N14O10/c1-6-30(2)42(57-31(3)63)46(69)59-38(10-7-8-15-53-40(64)14-21-72-23-22-71-5)47(70)62-19-17-61(18-20-62)34-12-13-36-35(26-34)43(66)32(27-55-36)24-41(65)58-37(11-9-16-54-48(49)50)45(68)60-39(44(67)51-4)25-33-28-52-29-56-33/h12-13,26-30,32,37-39,42H,6-11,14-25H2,1-5H3,(H,51,67)(H,52,56)(H,53,64)(H,57,63)(H,58,65)(H,59,69)(H,60,68)(H4,49,50,54)/t30-,32?,37-,38-,39-,42-/m0/s1. The number of H-pyrrole nitrogens is 1. The third-order valence-corrected chi connectivity index (χ3v) is 12.4. The smallest absolute Gasteiger partial charge is 0.245 e.